The molecule has 0 fully saturated rings. The molecule has 0 saturated carbocycles. The van der Waals surface area contributed by atoms with Crippen molar-refractivity contribution in [1.82, 2.24) is 19.5 Å². The molecule has 0 aliphatic heterocycles. The zero-order valence-corrected chi connectivity index (χ0v) is 9.12. The molecule has 3 N–H and O–H groups in total. The number of carbonyl (C=O) groups is 1. The molecule has 0 bridgehead atoms. The smallest absolute Gasteiger partial charge is 0.323 e. The minimum atomic E-state index is -0.884. The number of hydrogen-bond donors (Lipinski definition) is 3. The van der Waals surface area contributed by atoms with E-state index in [2.05, 4.69) is 15.0 Å². The Kier molecular flexibility index (Phi) is 2.86. The molecule has 16 heavy (non-hydrogen) atoms. The van der Waals surface area contributed by atoms with Crippen LogP contribution in [0.1, 0.15) is 11.4 Å². The van der Waals surface area contributed by atoms with Crippen LogP contribution in [-0.2, 0) is 17.8 Å². The zero-order valence-electron chi connectivity index (χ0n) is 8.30. The molecule has 0 amide bonds. The summed E-state index contributed by atoms with van der Waals surface area (Å²) in [4.78, 5) is 20.4. The van der Waals surface area contributed by atoms with Gasteiger partial charge in [0.05, 0.1) is 12.0 Å². The van der Waals surface area contributed by atoms with E-state index in [0.717, 1.165) is 11.4 Å². The van der Waals surface area contributed by atoms with Crippen LogP contribution in [0.2, 0.25) is 0 Å². The van der Waals surface area contributed by atoms with Crippen molar-refractivity contribution < 1.29 is 9.90 Å². The van der Waals surface area contributed by atoms with Gasteiger partial charge in [-0.05, 0) is 12.2 Å². The van der Waals surface area contributed by atoms with E-state index in [1.807, 2.05) is 0 Å². The van der Waals surface area contributed by atoms with Gasteiger partial charge in [-0.15, -0.1) is 0 Å². The third-order valence-electron chi connectivity index (χ3n) is 2.03. The fraction of sp³-hybridized carbons (Fsp3) is 0.222. The zero-order chi connectivity index (χ0) is 11.5. The number of nitrogens with zero attached hydrogens (tertiary/aromatic N) is 2. The first kappa shape index (κ1) is 10.6. The molecule has 7 heteroatoms. The highest BCUT2D eigenvalue weighted by atomic mass is 32.1. The van der Waals surface area contributed by atoms with Gasteiger partial charge in [0.1, 0.15) is 6.54 Å². The van der Waals surface area contributed by atoms with Crippen LogP contribution in [-0.4, -0.2) is 30.6 Å². The van der Waals surface area contributed by atoms with E-state index >= 15 is 0 Å². The van der Waals surface area contributed by atoms with Gasteiger partial charge in [-0.2, -0.15) is 0 Å². The molecule has 0 aliphatic carbocycles. The number of nitrogens with one attached hydrogen (secondary N) is 2. The largest absolute Gasteiger partial charge is 0.480 e. The van der Waals surface area contributed by atoms with E-state index in [9.17, 15) is 4.79 Å². The summed E-state index contributed by atoms with van der Waals surface area (Å²) in [6.07, 6.45) is 5.58. The molecule has 0 aromatic carbocycles. The number of aliphatic carboxylic acids is 1. The van der Waals surface area contributed by atoms with Gasteiger partial charge in [-0.1, -0.05) is 0 Å². The minimum absolute atomic E-state index is 0.0733. The first-order valence-electron chi connectivity index (χ1n) is 4.62. The van der Waals surface area contributed by atoms with E-state index in [-0.39, 0.29) is 6.54 Å². The maximum absolute atomic E-state index is 10.5. The lowest BCUT2D eigenvalue weighted by molar-refractivity contribution is -0.137. The quantitative estimate of drug-likeness (QED) is 0.692. The van der Waals surface area contributed by atoms with Crippen molar-refractivity contribution in [3.8, 4) is 0 Å². The van der Waals surface area contributed by atoms with E-state index in [1.165, 1.54) is 10.9 Å². The summed E-state index contributed by atoms with van der Waals surface area (Å²) in [6, 6.07) is 0. The monoisotopic (exact) mass is 238 g/mol. The summed E-state index contributed by atoms with van der Waals surface area (Å²) < 4.78 is 2.10. The van der Waals surface area contributed by atoms with Crippen LogP contribution >= 0.6 is 12.2 Å². The highest BCUT2D eigenvalue weighted by Crippen LogP contribution is 2.04. The van der Waals surface area contributed by atoms with Gasteiger partial charge in [0.25, 0.3) is 0 Å². The lowest BCUT2D eigenvalue weighted by atomic mass is 10.3. The van der Waals surface area contributed by atoms with Crippen molar-refractivity contribution in [3.05, 3.63) is 34.9 Å². The maximum atomic E-state index is 10.5. The third kappa shape index (κ3) is 2.57. The van der Waals surface area contributed by atoms with Crippen molar-refractivity contribution in [3.63, 3.8) is 0 Å². The van der Waals surface area contributed by atoms with E-state index in [4.69, 9.17) is 17.3 Å². The second-order valence-electron chi connectivity index (χ2n) is 3.38. The molecule has 0 atom stereocenters. The van der Waals surface area contributed by atoms with Gasteiger partial charge in [-0.25, -0.2) is 4.98 Å². The molecular formula is C9H10N4O2S. The van der Waals surface area contributed by atoms with Gasteiger partial charge in [0.2, 0.25) is 0 Å². The minimum Gasteiger partial charge on any atom is -0.480 e. The van der Waals surface area contributed by atoms with Crippen molar-refractivity contribution in [2.24, 2.45) is 0 Å². The normalized spacial score (nSPS) is 10.5. The number of carboxylic acids is 1. The number of carboxylic acid groups (broad SMARTS) is 1. The predicted molar refractivity (Wildman–Crippen MR) is 58.6 cm³/mol. The second kappa shape index (κ2) is 4.31. The molecule has 2 heterocycles. The number of rotatable bonds is 4. The molecule has 0 spiro atoms. The molecule has 0 aliphatic rings. The number of imidazole rings is 2. The van der Waals surface area contributed by atoms with Gasteiger partial charge in [0, 0.05) is 24.5 Å². The SMILES string of the molecule is O=C(O)Cn1cnc(Cc2c[nH]c(=S)[nH]2)c1. The number of H-pyrrole nitrogens is 2. The lowest BCUT2D eigenvalue weighted by Gasteiger charge is -1.94. The third-order valence-corrected chi connectivity index (χ3v) is 2.25. The van der Waals surface area contributed by atoms with Crippen LogP contribution in [0, 0.1) is 4.77 Å². The van der Waals surface area contributed by atoms with Gasteiger partial charge >= 0.3 is 5.97 Å². The molecule has 84 valence electrons. The van der Waals surface area contributed by atoms with Crippen molar-refractivity contribution >= 4 is 18.2 Å². The highest BCUT2D eigenvalue weighted by Gasteiger charge is 2.04. The van der Waals surface area contributed by atoms with E-state index in [0.29, 0.717) is 11.2 Å². The Balaban J connectivity index is 2.08. The van der Waals surface area contributed by atoms with Gasteiger partial charge in [-0.3, -0.25) is 4.79 Å². The number of aromatic nitrogens is 4. The molecule has 0 saturated heterocycles. The molecule has 6 nitrogen and oxygen atoms in total. The van der Waals surface area contributed by atoms with Crippen LogP contribution in [0.3, 0.4) is 0 Å². The van der Waals surface area contributed by atoms with Crippen molar-refractivity contribution in [2.45, 2.75) is 13.0 Å². The number of aromatic amines is 2. The molecule has 0 unspecified atom stereocenters. The average molecular weight is 238 g/mol. The van der Waals surface area contributed by atoms with Crippen molar-refractivity contribution in [2.75, 3.05) is 0 Å². The summed E-state index contributed by atoms with van der Waals surface area (Å²) in [5.74, 6) is -0.884. The van der Waals surface area contributed by atoms with E-state index < -0.39 is 5.97 Å². The summed E-state index contributed by atoms with van der Waals surface area (Å²) in [5.41, 5.74) is 1.72. The Morgan fingerprint density at radius 3 is 3.06 bits per heavy atom. The summed E-state index contributed by atoms with van der Waals surface area (Å²) in [5, 5.41) is 8.60. The van der Waals surface area contributed by atoms with Crippen LogP contribution in [0.15, 0.2) is 18.7 Å². The maximum Gasteiger partial charge on any atom is 0.323 e. The Bertz CT molecular complexity index is 554. The van der Waals surface area contributed by atoms with Crippen LogP contribution in [0.25, 0.3) is 0 Å². The van der Waals surface area contributed by atoms with Crippen LogP contribution < -0.4 is 0 Å². The summed E-state index contributed by atoms with van der Waals surface area (Å²) in [6.45, 7) is -0.0733. The van der Waals surface area contributed by atoms with E-state index in [1.54, 1.807) is 12.4 Å². The Hall–Kier alpha value is -1.89. The fourth-order valence-corrected chi connectivity index (χ4v) is 1.59. The molecular weight excluding hydrogens is 228 g/mol. The summed E-state index contributed by atoms with van der Waals surface area (Å²) in [7, 11) is 0. The van der Waals surface area contributed by atoms with Crippen molar-refractivity contribution in [1.29, 1.82) is 0 Å². The summed E-state index contributed by atoms with van der Waals surface area (Å²) >= 11 is 4.90. The Morgan fingerprint density at radius 1 is 1.62 bits per heavy atom. The molecule has 2 aromatic heterocycles. The van der Waals surface area contributed by atoms with Crippen LogP contribution in [0.5, 0.6) is 0 Å². The molecule has 2 aromatic rings. The first-order valence-corrected chi connectivity index (χ1v) is 5.03. The second-order valence-corrected chi connectivity index (χ2v) is 3.78. The standard InChI is InChI=1S/C9H10N4O2S/c14-8(15)4-13-3-7(11-5-13)1-6-2-10-9(16)12-6/h2-3,5H,1,4H2,(H,14,15)(H2,10,12,16). The highest BCUT2D eigenvalue weighted by molar-refractivity contribution is 7.71. The molecule has 2 rings (SSSR count). The lowest BCUT2D eigenvalue weighted by Crippen LogP contribution is -2.06. The van der Waals surface area contributed by atoms with Gasteiger partial charge < -0.3 is 19.6 Å². The number of hydrogen-bond acceptors (Lipinski definition) is 3. The Labute approximate surface area is 96.0 Å². The fourth-order valence-electron chi connectivity index (χ4n) is 1.40. The van der Waals surface area contributed by atoms with Crippen LogP contribution in [0.4, 0.5) is 0 Å². The first-order chi connectivity index (χ1) is 7.63. The topological polar surface area (TPSA) is 86.7 Å². The molecule has 0 radical (unpaired) electrons. The van der Waals surface area contributed by atoms with Gasteiger partial charge in [0.15, 0.2) is 4.77 Å². The average Bonchev–Trinajstić information content (AvgIpc) is 2.76. The predicted octanol–water partition coefficient (Wildman–Crippen LogP) is 0.944. The Morgan fingerprint density at radius 2 is 2.44 bits per heavy atom.